The van der Waals surface area contributed by atoms with E-state index in [2.05, 4.69) is 35.1 Å². The third-order valence-corrected chi connectivity index (χ3v) is 4.93. The van der Waals surface area contributed by atoms with Gasteiger partial charge < -0.3 is 10.1 Å². The summed E-state index contributed by atoms with van der Waals surface area (Å²) in [5.41, 5.74) is 1.72. The second kappa shape index (κ2) is 5.33. The van der Waals surface area contributed by atoms with Gasteiger partial charge in [0.2, 0.25) is 0 Å². The predicted octanol–water partition coefficient (Wildman–Crippen LogP) is 3.89. The summed E-state index contributed by atoms with van der Waals surface area (Å²) in [6.45, 7) is 6.07. The number of nitrogens with zero attached hydrogens (tertiary/aromatic N) is 1. The van der Waals surface area contributed by atoms with Crippen molar-refractivity contribution in [2.45, 2.75) is 39.3 Å². The average Bonchev–Trinajstić information content (AvgIpc) is 2.36. The molecule has 1 fully saturated rings. The van der Waals surface area contributed by atoms with Crippen LogP contribution < -0.4 is 5.32 Å². The molecule has 0 aromatic heterocycles. The summed E-state index contributed by atoms with van der Waals surface area (Å²) in [6.07, 6.45) is 1.18. The summed E-state index contributed by atoms with van der Waals surface area (Å²) in [5.74, 6) is 0. The fourth-order valence-electron chi connectivity index (χ4n) is 2.70. The number of nitro groups is 1. The molecular weight excluding hydrogens is 324 g/mol. The largest absolute Gasteiger partial charge is 0.381 e. The molecule has 0 bridgehead atoms. The molecule has 0 heterocycles. The lowest BCUT2D eigenvalue weighted by molar-refractivity contribution is -0.385. The lowest BCUT2D eigenvalue weighted by Gasteiger charge is -2.51. The Morgan fingerprint density at radius 1 is 1.50 bits per heavy atom. The number of benzene rings is 1. The van der Waals surface area contributed by atoms with Crippen molar-refractivity contribution in [1.82, 2.24) is 0 Å². The van der Waals surface area contributed by atoms with E-state index in [4.69, 9.17) is 4.74 Å². The van der Waals surface area contributed by atoms with E-state index in [-0.39, 0.29) is 22.1 Å². The van der Waals surface area contributed by atoms with E-state index in [0.29, 0.717) is 16.1 Å². The van der Waals surface area contributed by atoms with Crippen LogP contribution in [0.1, 0.15) is 25.8 Å². The summed E-state index contributed by atoms with van der Waals surface area (Å²) < 4.78 is 6.15. The Bertz CT molecular complexity index is 545. The van der Waals surface area contributed by atoms with Crippen molar-refractivity contribution < 1.29 is 9.66 Å². The van der Waals surface area contributed by atoms with Gasteiger partial charge in [-0.2, -0.15) is 0 Å². The van der Waals surface area contributed by atoms with Crippen LogP contribution in [0.15, 0.2) is 16.6 Å². The summed E-state index contributed by atoms with van der Waals surface area (Å²) >= 11 is 3.40. The zero-order valence-corrected chi connectivity index (χ0v) is 13.7. The van der Waals surface area contributed by atoms with Crippen LogP contribution in [0.2, 0.25) is 0 Å². The summed E-state index contributed by atoms with van der Waals surface area (Å²) in [7, 11) is 1.73. The Kier molecular flexibility index (Phi) is 4.07. The SMILES string of the molecule is COC1CC(Nc2cc(C)c([N+](=O)[O-])cc2Br)C1(C)C. The molecule has 0 spiro atoms. The zero-order valence-electron chi connectivity index (χ0n) is 12.1. The van der Waals surface area contributed by atoms with E-state index >= 15 is 0 Å². The van der Waals surface area contributed by atoms with E-state index in [9.17, 15) is 10.1 Å². The maximum absolute atomic E-state index is 10.9. The van der Waals surface area contributed by atoms with Crippen LogP contribution >= 0.6 is 15.9 Å². The van der Waals surface area contributed by atoms with E-state index in [1.165, 1.54) is 0 Å². The molecule has 1 aliphatic carbocycles. The third-order valence-electron chi connectivity index (χ3n) is 4.27. The monoisotopic (exact) mass is 342 g/mol. The van der Waals surface area contributed by atoms with Gasteiger partial charge in [0, 0.05) is 40.4 Å². The summed E-state index contributed by atoms with van der Waals surface area (Å²) in [4.78, 5) is 10.5. The van der Waals surface area contributed by atoms with Crippen molar-refractivity contribution in [3.8, 4) is 0 Å². The molecule has 110 valence electrons. The highest BCUT2D eigenvalue weighted by atomic mass is 79.9. The number of halogens is 1. The number of rotatable bonds is 4. The number of methoxy groups -OCH3 is 1. The Balaban J connectivity index is 2.20. The van der Waals surface area contributed by atoms with E-state index in [1.807, 2.05) is 6.07 Å². The highest BCUT2D eigenvalue weighted by molar-refractivity contribution is 9.10. The highest BCUT2D eigenvalue weighted by Gasteiger charge is 2.48. The standard InChI is InChI=1S/C14H19BrN2O3/c1-8-5-10(9(15)6-11(8)17(18)19)16-12-7-13(20-4)14(12,2)3/h5-6,12-13,16H,7H2,1-4H3. The summed E-state index contributed by atoms with van der Waals surface area (Å²) in [6, 6.07) is 3.67. The van der Waals surface area contributed by atoms with E-state index in [0.717, 1.165) is 12.1 Å². The fourth-order valence-corrected chi connectivity index (χ4v) is 3.14. The van der Waals surface area contributed by atoms with Crippen LogP contribution in [0.3, 0.4) is 0 Å². The first-order valence-corrected chi connectivity index (χ1v) is 7.30. The number of hydrogen-bond donors (Lipinski definition) is 1. The molecule has 0 radical (unpaired) electrons. The third kappa shape index (κ3) is 2.54. The van der Waals surface area contributed by atoms with Crippen molar-refractivity contribution in [1.29, 1.82) is 0 Å². The van der Waals surface area contributed by atoms with Crippen LogP contribution in [-0.2, 0) is 4.74 Å². The average molecular weight is 343 g/mol. The molecule has 2 unspecified atom stereocenters. The topological polar surface area (TPSA) is 64.4 Å². The van der Waals surface area contributed by atoms with Gasteiger partial charge in [0.15, 0.2) is 0 Å². The molecular formula is C14H19BrN2O3. The van der Waals surface area contributed by atoms with Gasteiger partial charge >= 0.3 is 0 Å². The predicted molar refractivity (Wildman–Crippen MR) is 82.1 cm³/mol. The lowest BCUT2D eigenvalue weighted by atomic mass is 9.64. The molecule has 6 heteroatoms. The van der Waals surface area contributed by atoms with Gasteiger partial charge in [0.05, 0.1) is 11.0 Å². The van der Waals surface area contributed by atoms with Crippen LogP contribution in [0.4, 0.5) is 11.4 Å². The van der Waals surface area contributed by atoms with E-state index in [1.54, 1.807) is 20.1 Å². The Morgan fingerprint density at radius 3 is 2.65 bits per heavy atom. The van der Waals surface area contributed by atoms with Gasteiger partial charge in [0.25, 0.3) is 5.69 Å². The first-order chi connectivity index (χ1) is 9.27. The van der Waals surface area contributed by atoms with Crippen molar-refractivity contribution in [2.24, 2.45) is 5.41 Å². The molecule has 20 heavy (non-hydrogen) atoms. The van der Waals surface area contributed by atoms with Crippen molar-refractivity contribution in [3.05, 3.63) is 32.3 Å². The van der Waals surface area contributed by atoms with Gasteiger partial charge in [-0.05, 0) is 35.3 Å². The molecule has 1 aromatic carbocycles. The van der Waals surface area contributed by atoms with Gasteiger partial charge in [-0.25, -0.2) is 0 Å². The zero-order chi connectivity index (χ0) is 15.1. The van der Waals surface area contributed by atoms with Crippen LogP contribution in [0.25, 0.3) is 0 Å². The number of nitro benzene ring substituents is 1. The molecule has 1 N–H and O–H groups in total. The van der Waals surface area contributed by atoms with Crippen LogP contribution in [0.5, 0.6) is 0 Å². The van der Waals surface area contributed by atoms with Gasteiger partial charge in [0.1, 0.15) is 0 Å². The van der Waals surface area contributed by atoms with Crippen molar-refractivity contribution in [3.63, 3.8) is 0 Å². The second-order valence-corrected chi connectivity index (χ2v) is 6.71. The first kappa shape index (κ1) is 15.3. The lowest BCUT2D eigenvalue weighted by Crippen LogP contribution is -2.57. The minimum absolute atomic E-state index is 0.0455. The molecule has 0 saturated heterocycles. The Morgan fingerprint density at radius 2 is 2.15 bits per heavy atom. The molecule has 0 amide bonds. The number of hydrogen-bond acceptors (Lipinski definition) is 4. The molecule has 1 saturated carbocycles. The first-order valence-electron chi connectivity index (χ1n) is 6.51. The van der Waals surface area contributed by atoms with Gasteiger partial charge in [-0.1, -0.05) is 13.8 Å². The molecule has 1 aliphatic rings. The maximum Gasteiger partial charge on any atom is 0.273 e. The maximum atomic E-state index is 10.9. The molecule has 5 nitrogen and oxygen atoms in total. The summed E-state index contributed by atoms with van der Waals surface area (Å²) in [5, 5.41) is 14.4. The van der Waals surface area contributed by atoms with Crippen LogP contribution in [0, 0.1) is 22.5 Å². The quantitative estimate of drug-likeness (QED) is 0.665. The number of nitrogens with one attached hydrogen (secondary N) is 1. The molecule has 0 aliphatic heterocycles. The Hall–Kier alpha value is -1.14. The van der Waals surface area contributed by atoms with Crippen LogP contribution in [-0.4, -0.2) is 24.2 Å². The minimum Gasteiger partial charge on any atom is -0.381 e. The number of aryl methyl sites for hydroxylation is 1. The minimum atomic E-state index is -0.363. The highest BCUT2D eigenvalue weighted by Crippen LogP contribution is 2.45. The van der Waals surface area contributed by atoms with Gasteiger partial charge in [-0.15, -0.1) is 0 Å². The number of ether oxygens (including phenoxy) is 1. The number of anilines is 1. The molecule has 1 aromatic rings. The van der Waals surface area contributed by atoms with Crippen molar-refractivity contribution >= 4 is 27.3 Å². The smallest absolute Gasteiger partial charge is 0.273 e. The fraction of sp³-hybridized carbons (Fsp3) is 0.571. The van der Waals surface area contributed by atoms with Gasteiger partial charge in [-0.3, -0.25) is 10.1 Å². The molecule has 2 rings (SSSR count). The van der Waals surface area contributed by atoms with Crippen molar-refractivity contribution in [2.75, 3.05) is 12.4 Å². The second-order valence-electron chi connectivity index (χ2n) is 5.85. The molecule has 2 atom stereocenters. The van der Waals surface area contributed by atoms with E-state index < -0.39 is 0 Å². The Labute approximate surface area is 127 Å². The normalized spacial score (nSPS) is 24.1.